The van der Waals surface area contributed by atoms with Crippen LogP contribution in [0, 0.1) is 5.92 Å². The number of carboxylic acid groups (broad SMARTS) is 1. The molecule has 1 fully saturated rings. The van der Waals surface area contributed by atoms with Crippen molar-refractivity contribution in [3.05, 3.63) is 23.8 Å². The van der Waals surface area contributed by atoms with Gasteiger partial charge in [-0.25, -0.2) is 14.8 Å². The van der Waals surface area contributed by atoms with Crippen molar-refractivity contribution in [3.63, 3.8) is 0 Å². The van der Waals surface area contributed by atoms with Crippen LogP contribution in [0.1, 0.15) is 66.4 Å². The van der Waals surface area contributed by atoms with Gasteiger partial charge < -0.3 is 10.4 Å². The van der Waals surface area contributed by atoms with Crippen LogP contribution >= 0.6 is 0 Å². The molecule has 0 saturated heterocycles. The summed E-state index contributed by atoms with van der Waals surface area (Å²) in [6, 6.07) is 0.199. The summed E-state index contributed by atoms with van der Waals surface area (Å²) in [7, 11) is 0. The maximum Gasteiger partial charge on any atom is 0.356 e. The molecule has 2 atom stereocenters. The van der Waals surface area contributed by atoms with E-state index in [1.165, 1.54) is 19.0 Å². The maximum atomic E-state index is 12.1. The Kier molecular flexibility index (Phi) is 5.25. The van der Waals surface area contributed by atoms with Gasteiger partial charge in [0.1, 0.15) is 5.69 Å². The van der Waals surface area contributed by atoms with Gasteiger partial charge in [0.25, 0.3) is 5.91 Å². The molecule has 1 heterocycles. The predicted molar refractivity (Wildman–Crippen MR) is 77.1 cm³/mol. The summed E-state index contributed by atoms with van der Waals surface area (Å²) < 4.78 is 0. The van der Waals surface area contributed by atoms with Crippen LogP contribution in [0.2, 0.25) is 0 Å². The highest BCUT2D eigenvalue weighted by atomic mass is 16.4. The minimum atomic E-state index is -1.15. The van der Waals surface area contributed by atoms with Gasteiger partial charge >= 0.3 is 5.97 Å². The Morgan fingerprint density at radius 3 is 2.62 bits per heavy atom. The van der Waals surface area contributed by atoms with Crippen molar-refractivity contribution in [2.75, 3.05) is 0 Å². The molecule has 1 aromatic rings. The van der Waals surface area contributed by atoms with Gasteiger partial charge in [-0.05, 0) is 25.2 Å². The number of aromatic nitrogens is 2. The lowest BCUT2D eigenvalue weighted by Crippen LogP contribution is -2.37. The minimum absolute atomic E-state index is 0.159. The highest BCUT2D eigenvalue weighted by Crippen LogP contribution is 2.29. The Labute approximate surface area is 124 Å². The number of carboxylic acids is 1. The summed E-state index contributed by atoms with van der Waals surface area (Å²) in [6.45, 7) is 2.17. The molecule has 1 amide bonds. The molecule has 2 unspecified atom stereocenters. The number of hydrogen-bond donors (Lipinski definition) is 2. The Bertz CT molecular complexity index is 501. The lowest BCUT2D eigenvalue weighted by atomic mass is 9.97. The molecule has 6 nitrogen and oxygen atoms in total. The number of hydrogen-bond acceptors (Lipinski definition) is 4. The molecule has 1 aromatic heterocycles. The molecule has 0 aromatic carbocycles. The number of nitrogens with one attached hydrogen (secondary N) is 1. The fourth-order valence-corrected chi connectivity index (χ4v) is 2.84. The van der Waals surface area contributed by atoms with E-state index in [4.69, 9.17) is 5.11 Å². The molecule has 6 heteroatoms. The monoisotopic (exact) mass is 291 g/mol. The lowest BCUT2D eigenvalue weighted by molar-refractivity contribution is 0.0688. The second kappa shape index (κ2) is 7.15. The molecule has 114 valence electrons. The van der Waals surface area contributed by atoms with Crippen LogP contribution in [0.3, 0.4) is 0 Å². The number of unbranched alkanes of at least 4 members (excludes halogenated alkanes) is 1. The average molecular weight is 291 g/mol. The van der Waals surface area contributed by atoms with Gasteiger partial charge in [-0.1, -0.05) is 26.2 Å². The van der Waals surface area contributed by atoms with E-state index in [0.717, 1.165) is 31.9 Å². The van der Waals surface area contributed by atoms with Gasteiger partial charge in [0, 0.05) is 6.04 Å². The van der Waals surface area contributed by atoms with Crippen molar-refractivity contribution in [2.45, 2.75) is 51.5 Å². The van der Waals surface area contributed by atoms with E-state index in [2.05, 4.69) is 22.2 Å². The number of rotatable bonds is 6. The van der Waals surface area contributed by atoms with Crippen LogP contribution in [0.4, 0.5) is 0 Å². The van der Waals surface area contributed by atoms with E-state index in [1.54, 1.807) is 0 Å². The van der Waals surface area contributed by atoms with Gasteiger partial charge in [-0.15, -0.1) is 0 Å². The molecule has 2 N–H and O–H groups in total. The van der Waals surface area contributed by atoms with Crippen molar-refractivity contribution >= 4 is 11.9 Å². The van der Waals surface area contributed by atoms with E-state index in [9.17, 15) is 9.59 Å². The smallest absolute Gasteiger partial charge is 0.356 e. The van der Waals surface area contributed by atoms with Crippen molar-refractivity contribution in [3.8, 4) is 0 Å². The van der Waals surface area contributed by atoms with E-state index >= 15 is 0 Å². The maximum absolute atomic E-state index is 12.1. The molecule has 1 saturated carbocycles. The van der Waals surface area contributed by atoms with E-state index in [0.29, 0.717) is 5.92 Å². The van der Waals surface area contributed by atoms with Crippen LogP contribution in [0.25, 0.3) is 0 Å². The Morgan fingerprint density at radius 2 is 2.00 bits per heavy atom. The summed E-state index contributed by atoms with van der Waals surface area (Å²) in [5.74, 6) is -0.877. The molecule has 0 radical (unpaired) electrons. The highest BCUT2D eigenvalue weighted by Gasteiger charge is 2.28. The van der Waals surface area contributed by atoms with Gasteiger partial charge in [-0.3, -0.25) is 4.79 Å². The first-order chi connectivity index (χ1) is 10.1. The van der Waals surface area contributed by atoms with Crippen molar-refractivity contribution in [2.24, 2.45) is 5.92 Å². The quantitative estimate of drug-likeness (QED) is 0.838. The summed E-state index contributed by atoms with van der Waals surface area (Å²) in [5.41, 5.74) is 0.00869. The Balaban J connectivity index is 1.95. The fourth-order valence-electron chi connectivity index (χ4n) is 2.84. The van der Waals surface area contributed by atoms with Gasteiger partial charge in [-0.2, -0.15) is 0 Å². The van der Waals surface area contributed by atoms with E-state index in [-0.39, 0.29) is 23.3 Å². The molecule has 1 aliphatic carbocycles. The Morgan fingerprint density at radius 1 is 1.29 bits per heavy atom. The molecular formula is C15H21N3O3. The second-order valence-corrected chi connectivity index (χ2v) is 5.51. The number of amides is 1. The largest absolute Gasteiger partial charge is 0.476 e. The molecule has 2 rings (SSSR count). The fraction of sp³-hybridized carbons (Fsp3) is 0.600. The number of aromatic carboxylic acids is 1. The average Bonchev–Trinajstić information content (AvgIpc) is 2.92. The Hall–Kier alpha value is -1.98. The third-order valence-electron chi connectivity index (χ3n) is 4.01. The minimum Gasteiger partial charge on any atom is -0.476 e. The highest BCUT2D eigenvalue weighted by molar-refractivity contribution is 5.92. The summed E-state index contributed by atoms with van der Waals surface area (Å²) in [6.07, 6.45) is 9.13. The van der Waals surface area contributed by atoms with Crippen LogP contribution in [-0.4, -0.2) is 33.0 Å². The number of carbonyl (C=O) groups excluding carboxylic acids is 1. The third-order valence-corrected chi connectivity index (χ3v) is 4.01. The molecule has 0 aliphatic heterocycles. The third kappa shape index (κ3) is 4.00. The standard InChI is InChI=1S/C15H21N3O3/c1-2-3-5-10-6-4-7-11(10)18-14(19)12-8-17-13(9-16-12)15(20)21/h8-11H,2-7H2,1H3,(H,18,19)(H,20,21). The molecular weight excluding hydrogens is 270 g/mol. The number of nitrogens with zero attached hydrogens (tertiary/aromatic N) is 2. The normalized spacial score (nSPS) is 21.2. The SMILES string of the molecule is CCCCC1CCCC1NC(=O)c1cnc(C(=O)O)cn1. The predicted octanol–water partition coefficient (Wildman–Crippen LogP) is 2.26. The zero-order valence-corrected chi connectivity index (χ0v) is 12.2. The molecule has 1 aliphatic rings. The van der Waals surface area contributed by atoms with Gasteiger partial charge in [0.05, 0.1) is 12.4 Å². The first kappa shape index (κ1) is 15.4. The molecule has 0 bridgehead atoms. The van der Waals surface area contributed by atoms with Crippen molar-refractivity contribution in [1.82, 2.24) is 15.3 Å². The van der Waals surface area contributed by atoms with E-state index in [1.807, 2.05) is 0 Å². The second-order valence-electron chi connectivity index (χ2n) is 5.51. The van der Waals surface area contributed by atoms with E-state index < -0.39 is 5.97 Å². The summed E-state index contributed by atoms with van der Waals surface area (Å²) >= 11 is 0. The van der Waals surface area contributed by atoms with Crippen LogP contribution in [0.15, 0.2) is 12.4 Å². The van der Waals surface area contributed by atoms with Crippen LogP contribution < -0.4 is 5.32 Å². The summed E-state index contributed by atoms with van der Waals surface area (Å²) in [5, 5.41) is 11.8. The van der Waals surface area contributed by atoms with Gasteiger partial charge in [0.2, 0.25) is 0 Å². The first-order valence-corrected chi connectivity index (χ1v) is 7.48. The van der Waals surface area contributed by atoms with Crippen molar-refractivity contribution < 1.29 is 14.7 Å². The topological polar surface area (TPSA) is 92.2 Å². The van der Waals surface area contributed by atoms with Crippen molar-refractivity contribution in [1.29, 1.82) is 0 Å². The summed E-state index contributed by atoms with van der Waals surface area (Å²) in [4.78, 5) is 30.4. The van der Waals surface area contributed by atoms with Crippen LogP contribution in [-0.2, 0) is 0 Å². The lowest BCUT2D eigenvalue weighted by Gasteiger charge is -2.20. The number of carbonyl (C=O) groups is 2. The zero-order valence-electron chi connectivity index (χ0n) is 12.2. The molecule has 0 spiro atoms. The molecule has 21 heavy (non-hydrogen) atoms. The zero-order chi connectivity index (χ0) is 15.2. The first-order valence-electron chi connectivity index (χ1n) is 7.48. The van der Waals surface area contributed by atoms with Crippen LogP contribution in [0.5, 0.6) is 0 Å². The van der Waals surface area contributed by atoms with Gasteiger partial charge in [0.15, 0.2) is 5.69 Å².